The smallest absolute Gasteiger partial charge is 0.199 e. The molecule has 4 nitrogen and oxygen atoms in total. The van der Waals surface area contributed by atoms with Gasteiger partial charge >= 0.3 is 0 Å². The van der Waals surface area contributed by atoms with Crippen molar-refractivity contribution in [1.82, 2.24) is 0 Å². The third-order valence-electron chi connectivity index (χ3n) is 6.86. The number of benzene rings is 2. The molecule has 4 rings (SSSR count). The van der Waals surface area contributed by atoms with E-state index in [-0.39, 0.29) is 22.1 Å². The van der Waals surface area contributed by atoms with Crippen molar-refractivity contribution in [1.29, 1.82) is 0 Å². The lowest BCUT2D eigenvalue weighted by molar-refractivity contribution is 0.444. The van der Waals surface area contributed by atoms with Crippen LogP contribution in [0.15, 0.2) is 82.6 Å². The van der Waals surface area contributed by atoms with Gasteiger partial charge in [-0.2, -0.15) is 0 Å². The first-order chi connectivity index (χ1) is 13.1. The van der Waals surface area contributed by atoms with E-state index in [0.717, 1.165) is 12.0 Å². The predicted octanol–water partition coefficient (Wildman–Crippen LogP) is 4.25. The molecule has 0 radical (unpaired) electrons. The molecule has 3 atom stereocenters. The van der Waals surface area contributed by atoms with Gasteiger partial charge in [0.1, 0.15) is 0 Å². The SMILES string of the molecule is C=C(C)[C@]12C[C@H]1[C@H](C)C(S(=O)(=O)c1ccccc1)(S(=O)(=O)c1ccccc1)C2. The Hall–Kier alpha value is -1.92. The van der Waals surface area contributed by atoms with Crippen LogP contribution < -0.4 is 0 Å². The molecule has 0 saturated heterocycles. The van der Waals surface area contributed by atoms with Gasteiger partial charge in [0.05, 0.1) is 9.79 Å². The van der Waals surface area contributed by atoms with Crippen molar-refractivity contribution in [3.05, 3.63) is 72.8 Å². The minimum atomic E-state index is -4.16. The molecule has 0 aliphatic heterocycles. The van der Waals surface area contributed by atoms with Gasteiger partial charge in [-0.05, 0) is 61.3 Å². The first kappa shape index (κ1) is 19.4. The van der Waals surface area contributed by atoms with E-state index in [1.54, 1.807) is 43.3 Å². The molecule has 0 heterocycles. The number of allylic oxidation sites excluding steroid dienone is 1. The molecule has 148 valence electrons. The van der Waals surface area contributed by atoms with Gasteiger partial charge in [-0.3, -0.25) is 0 Å². The molecule has 2 fully saturated rings. The Labute approximate surface area is 167 Å². The summed E-state index contributed by atoms with van der Waals surface area (Å²) in [5.41, 5.74) is 0.459. The standard InChI is InChI=1S/C22H24O4S2/c1-16(2)21-14-20(21)17(3)22(15-21,27(23,24)18-10-6-4-7-11-18)28(25,26)19-12-8-5-9-13-19/h4-13,17,20H,1,14-15H2,2-3H3/t17-,20-,21+/m0/s1. The maximum Gasteiger partial charge on any atom is 0.199 e. The fraction of sp³-hybridized carbons (Fsp3) is 0.364. The van der Waals surface area contributed by atoms with Crippen molar-refractivity contribution in [2.45, 2.75) is 40.6 Å². The van der Waals surface area contributed by atoms with E-state index < -0.39 is 35.1 Å². The Morgan fingerprint density at radius 2 is 1.32 bits per heavy atom. The first-order valence-electron chi connectivity index (χ1n) is 9.37. The summed E-state index contributed by atoms with van der Waals surface area (Å²) in [6.07, 6.45) is 0.871. The van der Waals surface area contributed by atoms with Crippen LogP contribution in [0.25, 0.3) is 0 Å². The normalized spacial score (nSPS) is 28.5. The van der Waals surface area contributed by atoms with E-state index in [1.165, 1.54) is 24.3 Å². The van der Waals surface area contributed by atoms with E-state index >= 15 is 0 Å². The van der Waals surface area contributed by atoms with Gasteiger partial charge < -0.3 is 0 Å². The fourth-order valence-electron chi connectivity index (χ4n) is 5.16. The summed E-state index contributed by atoms with van der Waals surface area (Å²) in [7, 11) is -8.32. The van der Waals surface area contributed by atoms with E-state index in [1.807, 2.05) is 6.92 Å². The second-order valence-corrected chi connectivity index (χ2v) is 12.8. The van der Waals surface area contributed by atoms with E-state index in [4.69, 9.17) is 0 Å². The van der Waals surface area contributed by atoms with Gasteiger partial charge in [-0.1, -0.05) is 55.5 Å². The topological polar surface area (TPSA) is 68.3 Å². The lowest BCUT2D eigenvalue weighted by Gasteiger charge is -2.35. The molecule has 28 heavy (non-hydrogen) atoms. The molecule has 2 aromatic rings. The largest absolute Gasteiger partial charge is 0.222 e. The van der Waals surface area contributed by atoms with Crippen molar-refractivity contribution >= 4 is 19.7 Å². The number of fused-ring (bicyclic) bond motifs is 1. The summed E-state index contributed by atoms with van der Waals surface area (Å²) in [6, 6.07) is 15.9. The highest BCUT2D eigenvalue weighted by Crippen LogP contribution is 2.75. The molecule has 0 N–H and O–H groups in total. The quantitative estimate of drug-likeness (QED) is 0.683. The van der Waals surface area contributed by atoms with Crippen LogP contribution >= 0.6 is 0 Å². The molecular formula is C22H24O4S2. The number of sulfone groups is 2. The molecule has 0 unspecified atom stereocenters. The molecular weight excluding hydrogens is 392 g/mol. The maximum atomic E-state index is 13.9. The Bertz CT molecular complexity index is 1070. The maximum absolute atomic E-state index is 13.9. The van der Waals surface area contributed by atoms with E-state index in [0.29, 0.717) is 0 Å². The third kappa shape index (κ3) is 2.28. The van der Waals surface area contributed by atoms with Crippen molar-refractivity contribution in [2.24, 2.45) is 17.3 Å². The summed E-state index contributed by atoms with van der Waals surface area (Å²) in [6.45, 7) is 7.73. The van der Waals surface area contributed by atoms with Crippen LogP contribution in [0.1, 0.15) is 26.7 Å². The summed E-state index contributed by atoms with van der Waals surface area (Å²) in [4.78, 5) is 0.110. The zero-order valence-electron chi connectivity index (χ0n) is 16.0. The van der Waals surface area contributed by atoms with Crippen LogP contribution in [-0.2, 0) is 19.7 Å². The van der Waals surface area contributed by atoms with Gasteiger partial charge in [-0.15, -0.1) is 0 Å². The Balaban J connectivity index is 2.01. The highest BCUT2D eigenvalue weighted by atomic mass is 32.3. The highest BCUT2D eigenvalue weighted by Gasteiger charge is 2.77. The zero-order valence-corrected chi connectivity index (χ0v) is 17.6. The van der Waals surface area contributed by atoms with Gasteiger partial charge in [0.15, 0.2) is 23.8 Å². The van der Waals surface area contributed by atoms with Gasteiger partial charge in [-0.25, -0.2) is 16.8 Å². The summed E-state index contributed by atoms with van der Waals surface area (Å²) in [5.74, 6) is -0.512. The Morgan fingerprint density at radius 1 is 0.893 bits per heavy atom. The van der Waals surface area contributed by atoms with Crippen LogP contribution in [-0.4, -0.2) is 20.9 Å². The minimum Gasteiger partial charge on any atom is -0.222 e. The van der Waals surface area contributed by atoms with Crippen molar-refractivity contribution in [3.63, 3.8) is 0 Å². The average molecular weight is 417 g/mol. The van der Waals surface area contributed by atoms with Gasteiger partial charge in [0.25, 0.3) is 0 Å². The van der Waals surface area contributed by atoms with E-state index in [9.17, 15) is 16.8 Å². The minimum absolute atomic E-state index is 0.0157. The number of hydrogen-bond donors (Lipinski definition) is 0. The lowest BCUT2D eigenvalue weighted by Crippen LogP contribution is -2.50. The molecule has 2 aromatic carbocycles. The van der Waals surface area contributed by atoms with Gasteiger partial charge in [0.2, 0.25) is 0 Å². The average Bonchev–Trinajstić information content (AvgIpc) is 3.36. The lowest BCUT2D eigenvalue weighted by atomic mass is 9.96. The van der Waals surface area contributed by atoms with Crippen molar-refractivity contribution < 1.29 is 16.8 Å². The van der Waals surface area contributed by atoms with E-state index in [2.05, 4.69) is 6.58 Å². The van der Waals surface area contributed by atoms with Crippen LogP contribution in [0.3, 0.4) is 0 Å². The monoisotopic (exact) mass is 416 g/mol. The molecule has 2 aliphatic carbocycles. The highest BCUT2D eigenvalue weighted by molar-refractivity contribution is 8.10. The van der Waals surface area contributed by atoms with Crippen LogP contribution in [0, 0.1) is 17.3 Å². The predicted molar refractivity (Wildman–Crippen MR) is 109 cm³/mol. The Morgan fingerprint density at radius 3 is 1.68 bits per heavy atom. The number of rotatable bonds is 5. The number of hydrogen-bond acceptors (Lipinski definition) is 4. The molecule has 6 heteroatoms. The summed E-state index contributed by atoms with van der Waals surface area (Å²) in [5, 5.41) is 0. The van der Waals surface area contributed by atoms with Crippen molar-refractivity contribution in [3.8, 4) is 0 Å². The van der Waals surface area contributed by atoms with Crippen LogP contribution in [0.2, 0.25) is 0 Å². The molecule has 0 amide bonds. The molecule has 0 aromatic heterocycles. The molecule has 0 spiro atoms. The summed E-state index contributed by atoms with van der Waals surface area (Å²) >= 11 is 0. The molecule has 2 saturated carbocycles. The molecule has 0 bridgehead atoms. The van der Waals surface area contributed by atoms with Crippen LogP contribution in [0.5, 0.6) is 0 Å². The summed E-state index contributed by atoms with van der Waals surface area (Å²) < 4.78 is 53.7. The van der Waals surface area contributed by atoms with Gasteiger partial charge in [0, 0.05) is 0 Å². The zero-order chi connectivity index (χ0) is 20.4. The second-order valence-electron chi connectivity index (χ2n) is 8.16. The van der Waals surface area contributed by atoms with Crippen molar-refractivity contribution in [2.75, 3.05) is 0 Å². The second kappa shape index (κ2) is 6.04. The Kier molecular flexibility index (Phi) is 4.18. The third-order valence-corrected chi connectivity index (χ3v) is 12.8. The first-order valence-corrected chi connectivity index (χ1v) is 12.3. The fourth-order valence-corrected chi connectivity index (χ4v) is 10.9. The van der Waals surface area contributed by atoms with Crippen LogP contribution in [0.4, 0.5) is 0 Å². The molecule has 2 aliphatic rings.